The van der Waals surface area contributed by atoms with Crippen molar-refractivity contribution in [3.05, 3.63) is 35.9 Å². The third-order valence-corrected chi connectivity index (χ3v) is 12.6. The van der Waals surface area contributed by atoms with Crippen molar-refractivity contribution in [3.8, 4) is 0 Å². The Morgan fingerprint density at radius 3 is 2.07 bits per heavy atom. The molecule has 0 spiro atoms. The van der Waals surface area contributed by atoms with E-state index in [0.29, 0.717) is 5.56 Å². The molecule has 16 heteroatoms. The molecular weight excluding hydrogens is 596 g/mol. The number of ketones is 1. The number of rotatable bonds is 5. The van der Waals surface area contributed by atoms with Crippen LogP contribution in [0.25, 0.3) is 0 Å². The maximum absolute atomic E-state index is 12.3. The first-order chi connectivity index (χ1) is 17.9. The van der Waals surface area contributed by atoms with Gasteiger partial charge >= 0.3 is 59.1 Å². The van der Waals surface area contributed by atoms with Gasteiger partial charge in [-0.2, -0.15) is 0 Å². The van der Waals surface area contributed by atoms with Crippen molar-refractivity contribution in [2.24, 2.45) is 17.6 Å². The van der Waals surface area contributed by atoms with Gasteiger partial charge in [0, 0.05) is 29.0 Å². The minimum Gasteiger partial charge on any atom is -0.550 e. The Kier molecular flexibility index (Phi) is 11.1. The van der Waals surface area contributed by atoms with Gasteiger partial charge in [0.25, 0.3) is 0 Å². The molecule has 5 rings (SSSR count). The second-order valence-electron chi connectivity index (χ2n) is 11.1. The number of fused-ring (bicyclic) bond motifs is 2. The Balaban J connectivity index is 0.000000300. The van der Waals surface area contributed by atoms with E-state index in [-0.39, 0.29) is 71.3 Å². The number of β-lactam (4-membered cyclic amide) rings is 1. The summed E-state index contributed by atoms with van der Waals surface area (Å²) in [6, 6.07) is 6.19. The Labute approximate surface area is 286 Å². The van der Waals surface area contributed by atoms with Gasteiger partial charge in [0.05, 0.1) is 22.0 Å². The van der Waals surface area contributed by atoms with Crippen LogP contribution in [0.3, 0.4) is 0 Å². The predicted octanol–water partition coefficient (Wildman–Crippen LogP) is -8.49. The summed E-state index contributed by atoms with van der Waals surface area (Å²) in [5, 5.41) is 23.7. The number of Topliss-reactive ketones (excluding diaryl/α,β-unsaturated/α-hetero) is 1. The number of carboxylic acids is 2. The van der Waals surface area contributed by atoms with Gasteiger partial charge in [0.1, 0.15) is 23.2 Å². The summed E-state index contributed by atoms with van der Waals surface area (Å²) in [6.07, 6.45) is -0.0415. The van der Waals surface area contributed by atoms with Crippen LogP contribution in [0.1, 0.15) is 45.7 Å². The number of carbonyl (C=O) groups excluding carboxylic acids is 5. The van der Waals surface area contributed by atoms with Gasteiger partial charge in [-0.3, -0.25) is 14.4 Å². The Bertz CT molecular complexity index is 1360. The molecule has 12 nitrogen and oxygen atoms in total. The molecular formula is C25H29N3Na2O9S2. The van der Waals surface area contributed by atoms with Crippen LogP contribution < -0.4 is 80.4 Å². The molecule has 3 N–H and O–H groups in total. The summed E-state index contributed by atoms with van der Waals surface area (Å²) in [7, 11) is -3.53. The van der Waals surface area contributed by atoms with E-state index in [1.165, 1.54) is 30.5 Å². The zero-order valence-corrected chi connectivity index (χ0v) is 29.3. The molecule has 7 atom stereocenters. The Hall–Kier alpha value is -0.970. The van der Waals surface area contributed by atoms with Crippen LogP contribution in [0.15, 0.2) is 30.3 Å². The van der Waals surface area contributed by atoms with Gasteiger partial charge in [-0.25, -0.2) is 8.42 Å². The van der Waals surface area contributed by atoms with E-state index < -0.39 is 83.7 Å². The van der Waals surface area contributed by atoms with E-state index in [0.717, 1.165) is 0 Å². The number of amides is 2. The fourth-order valence-electron chi connectivity index (χ4n) is 5.82. The molecule has 212 valence electrons. The molecule has 4 aliphatic rings. The number of nitrogens with zero attached hydrogens (tertiary/aromatic N) is 1. The first kappa shape index (κ1) is 36.2. The number of benzene rings is 1. The van der Waals surface area contributed by atoms with Crippen molar-refractivity contribution in [3.63, 3.8) is 0 Å². The fraction of sp³-hybridized carbons (Fsp3) is 0.560. The van der Waals surface area contributed by atoms with Crippen LogP contribution in [0.2, 0.25) is 0 Å². The molecule has 1 aromatic rings. The van der Waals surface area contributed by atoms with E-state index in [1.807, 2.05) is 6.07 Å². The smallest absolute Gasteiger partial charge is 0.550 e. The van der Waals surface area contributed by atoms with Crippen LogP contribution in [-0.4, -0.2) is 75.1 Å². The molecule has 1 aliphatic carbocycles. The molecule has 4 fully saturated rings. The van der Waals surface area contributed by atoms with Gasteiger partial charge in [0.15, 0.2) is 9.84 Å². The topological polar surface area (TPSA) is 207 Å². The maximum atomic E-state index is 12.3. The van der Waals surface area contributed by atoms with Crippen molar-refractivity contribution >= 4 is 51.1 Å². The first-order valence-corrected chi connectivity index (χ1v) is 14.7. The average Bonchev–Trinajstić information content (AvgIpc) is 3.18. The number of aliphatic carboxylic acids is 2. The van der Waals surface area contributed by atoms with Crippen molar-refractivity contribution in [2.45, 2.75) is 72.4 Å². The van der Waals surface area contributed by atoms with Gasteiger partial charge in [0.2, 0.25) is 11.8 Å². The average molecular weight is 626 g/mol. The molecule has 3 aliphatic heterocycles. The SMILES string of the molecule is CC1(C)S[C@@H]2[C@H](NC(=O)[C@H](N)c3ccccc3)C(=O)N2[C@H]1C(=O)[O-].CC1(C)[C@H](C(=O)[O-])C2C(=O)C[C@H]2S1(=O)=O.[Na+].[Na+]. The van der Waals surface area contributed by atoms with E-state index in [4.69, 9.17) is 5.73 Å². The molecule has 0 aromatic heterocycles. The largest absolute Gasteiger partial charge is 1.00 e. The van der Waals surface area contributed by atoms with Crippen LogP contribution in [0.4, 0.5) is 0 Å². The molecule has 1 unspecified atom stereocenters. The van der Waals surface area contributed by atoms with Gasteiger partial charge < -0.3 is 35.8 Å². The molecule has 1 aromatic carbocycles. The summed E-state index contributed by atoms with van der Waals surface area (Å²) < 4.78 is 21.7. The summed E-state index contributed by atoms with van der Waals surface area (Å²) >= 11 is 1.34. The number of hydrogen-bond acceptors (Lipinski definition) is 11. The molecule has 1 saturated carbocycles. The van der Waals surface area contributed by atoms with Gasteiger partial charge in [-0.15, -0.1) is 11.8 Å². The van der Waals surface area contributed by atoms with E-state index >= 15 is 0 Å². The quantitative estimate of drug-likeness (QED) is 0.232. The van der Waals surface area contributed by atoms with Gasteiger partial charge in [-0.05, 0) is 33.3 Å². The summed E-state index contributed by atoms with van der Waals surface area (Å²) in [4.78, 5) is 59.4. The number of nitrogens with two attached hydrogens (primary N) is 1. The standard InChI is InChI=1S/C16H19N3O4S.C9H12O5S.2Na/c1-16(2)11(15(22)23)19-13(21)10(14(19)24-16)18-12(20)9(17)8-6-4-3-5-7-8;1-9(2)7(8(11)12)6-4(10)3-5(6)15(9,13)14;;/h3-7,9-11,14H,17H2,1-2H3,(H,18,20)(H,22,23);5-7H,3H2,1-2H3,(H,11,12);;/q;;2*+1/p-2/t9-,10-,11+,14-;5-,6?,7+;;/m11../s1. The molecule has 3 saturated heterocycles. The van der Waals surface area contributed by atoms with Crippen molar-refractivity contribution in [1.82, 2.24) is 10.2 Å². The predicted molar refractivity (Wildman–Crippen MR) is 135 cm³/mol. The second kappa shape index (κ2) is 12.6. The number of carbonyl (C=O) groups is 5. The van der Waals surface area contributed by atoms with Gasteiger partial charge in [-0.1, -0.05) is 30.3 Å². The minimum atomic E-state index is -3.53. The second-order valence-corrected chi connectivity index (χ2v) is 15.7. The number of carboxylic acid groups (broad SMARTS) is 2. The first-order valence-electron chi connectivity index (χ1n) is 12.2. The van der Waals surface area contributed by atoms with Crippen LogP contribution in [-0.2, 0) is 33.8 Å². The van der Waals surface area contributed by atoms with Crippen molar-refractivity contribution < 1.29 is 102 Å². The number of sulfone groups is 1. The Morgan fingerprint density at radius 1 is 1.05 bits per heavy atom. The zero-order chi connectivity index (χ0) is 29.2. The van der Waals surface area contributed by atoms with E-state index in [1.54, 1.807) is 38.1 Å². The maximum Gasteiger partial charge on any atom is 1.00 e. The number of nitrogens with one attached hydrogen (secondary N) is 1. The zero-order valence-electron chi connectivity index (χ0n) is 23.7. The van der Waals surface area contributed by atoms with Crippen LogP contribution in [0, 0.1) is 11.8 Å². The van der Waals surface area contributed by atoms with Crippen molar-refractivity contribution in [2.75, 3.05) is 0 Å². The molecule has 3 heterocycles. The monoisotopic (exact) mass is 625 g/mol. The van der Waals surface area contributed by atoms with E-state index in [9.17, 15) is 42.6 Å². The van der Waals surface area contributed by atoms with Crippen molar-refractivity contribution in [1.29, 1.82) is 0 Å². The third-order valence-electron chi connectivity index (χ3n) is 8.07. The summed E-state index contributed by atoms with van der Waals surface area (Å²) in [5.41, 5.74) is 6.57. The fourth-order valence-corrected chi connectivity index (χ4v) is 9.90. The van der Waals surface area contributed by atoms with Crippen LogP contribution >= 0.6 is 11.8 Å². The van der Waals surface area contributed by atoms with E-state index in [2.05, 4.69) is 5.32 Å². The normalized spacial score (nSPS) is 31.7. The number of hydrogen-bond donors (Lipinski definition) is 2. The molecule has 2 amide bonds. The number of thioether (sulfide) groups is 1. The molecule has 0 bridgehead atoms. The molecule has 41 heavy (non-hydrogen) atoms. The minimum absolute atomic E-state index is 0. The van der Waals surface area contributed by atoms with Crippen LogP contribution in [0.5, 0.6) is 0 Å². The summed E-state index contributed by atoms with van der Waals surface area (Å²) in [5.74, 6) is -5.96. The third kappa shape index (κ3) is 5.93. The summed E-state index contributed by atoms with van der Waals surface area (Å²) in [6.45, 7) is 6.21. The molecule has 0 radical (unpaired) electrons. The Morgan fingerprint density at radius 2 is 1.61 bits per heavy atom.